The van der Waals surface area contributed by atoms with Gasteiger partial charge < -0.3 is 15.7 Å². The van der Waals surface area contributed by atoms with Gasteiger partial charge in [0.2, 0.25) is 0 Å². The van der Waals surface area contributed by atoms with E-state index in [9.17, 15) is 5.11 Å². The summed E-state index contributed by atoms with van der Waals surface area (Å²) in [6.07, 6.45) is 2.48. The van der Waals surface area contributed by atoms with Gasteiger partial charge in [0.1, 0.15) is 5.84 Å². The summed E-state index contributed by atoms with van der Waals surface area (Å²) in [5, 5.41) is 17.3. The molecule has 0 bridgehead atoms. The second-order valence-corrected chi connectivity index (χ2v) is 5.00. The van der Waals surface area contributed by atoms with Crippen molar-refractivity contribution >= 4 is 23.3 Å². The Kier molecular flexibility index (Phi) is 3.59. The Morgan fingerprint density at radius 2 is 2.35 bits per heavy atom. The minimum atomic E-state index is -0.271. The molecule has 0 spiro atoms. The maximum atomic E-state index is 9.59. The number of anilines is 1. The van der Waals surface area contributed by atoms with Crippen LogP contribution in [0, 0.1) is 5.41 Å². The molecule has 5 heteroatoms. The zero-order valence-electron chi connectivity index (χ0n) is 9.81. The zero-order chi connectivity index (χ0) is 12.4. The normalized spacial score (nSPS) is 19.6. The Hall–Kier alpha value is -1.20. The van der Waals surface area contributed by atoms with Gasteiger partial charge in [0, 0.05) is 23.7 Å². The zero-order valence-corrected chi connectivity index (χ0v) is 10.6. The van der Waals surface area contributed by atoms with Crippen molar-refractivity contribution < 1.29 is 5.11 Å². The molecule has 1 aromatic rings. The van der Waals surface area contributed by atoms with Crippen LogP contribution in [-0.2, 0) is 0 Å². The molecule has 17 heavy (non-hydrogen) atoms. The molecular weight excluding hydrogens is 234 g/mol. The number of aliphatic hydroxyl groups is 1. The Morgan fingerprint density at radius 1 is 1.59 bits per heavy atom. The molecule has 0 amide bonds. The van der Waals surface area contributed by atoms with Gasteiger partial charge in [0.05, 0.1) is 11.7 Å². The molecule has 2 rings (SSSR count). The summed E-state index contributed by atoms with van der Waals surface area (Å²) in [6.45, 7) is 1.44. The Balaban J connectivity index is 2.42. The first-order chi connectivity index (χ1) is 8.13. The summed E-state index contributed by atoms with van der Waals surface area (Å²) >= 11 is 1.59. The lowest BCUT2D eigenvalue weighted by Crippen LogP contribution is -2.25. The van der Waals surface area contributed by atoms with E-state index in [4.69, 9.17) is 11.1 Å². The lowest BCUT2D eigenvalue weighted by atomic mass is 10.1. The molecule has 1 heterocycles. The molecule has 1 aliphatic rings. The summed E-state index contributed by atoms with van der Waals surface area (Å²) in [5.74, 6) is 0.0892. The van der Waals surface area contributed by atoms with Gasteiger partial charge in [-0.3, -0.25) is 5.41 Å². The average Bonchev–Trinajstić information content (AvgIpc) is 2.74. The number of aliphatic hydroxyl groups excluding tert-OH is 1. The van der Waals surface area contributed by atoms with E-state index in [1.165, 1.54) is 0 Å². The predicted octanol–water partition coefficient (Wildman–Crippen LogP) is 1.26. The number of nitrogens with zero attached hydrogens (tertiary/aromatic N) is 1. The third kappa shape index (κ3) is 2.40. The van der Waals surface area contributed by atoms with Crippen molar-refractivity contribution in [3.05, 3.63) is 23.8 Å². The molecule has 4 N–H and O–H groups in total. The highest BCUT2D eigenvalue weighted by molar-refractivity contribution is 7.98. The number of nitrogen functional groups attached to an aromatic ring is 1. The van der Waals surface area contributed by atoms with Crippen LogP contribution < -0.4 is 10.6 Å². The average molecular weight is 251 g/mol. The molecule has 1 aromatic carbocycles. The number of hydrogen-bond donors (Lipinski definition) is 3. The fraction of sp³-hybridized carbons (Fsp3) is 0.417. The topological polar surface area (TPSA) is 73.3 Å². The van der Waals surface area contributed by atoms with Gasteiger partial charge >= 0.3 is 0 Å². The first-order valence-electron chi connectivity index (χ1n) is 5.58. The van der Waals surface area contributed by atoms with Gasteiger partial charge in [-0.05, 0) is 24.8 Å². The maximum absolute atomic E-state index is 9.59. The summed E-state index contributed by atoms with van der Waals surface area (Å²) in [7, 11) is 0. The molecule has 1 fully saturated rings. The number of β-amino-alcohol motifs (C(OH)–C–C–N with tert-alkyl or cyclic N) is 1. The quantitative estimate of drug-likeness (QED) is 0.429. The van der Waals surface area contributed by atoms with Gasteiger partial charge in [-0.2, -0.15) is 0 Å². The van der Waals surface area contributed by atoms with Crippen molar-refractivity contribution in [2.24, 2.45) is 5.73 Å². The van der Waals surface area contributed by atoms with Gasteiger partial charge in [-0.1, -0.05) is 6.07 Å². The van der Waals surface area contributed by atoms with Crippen LogP contribution in [0.4, 0.5) is 5.69 Å². The third-order valence-electron chi connectivity index (χ3n) is 3.00. The van der Waals surface area contributed by atoms with Crippen molar-refractivity contribution in [3.8, 4) is 0 Å². The van der Waals surface area contributed by atoms with Crippen molar-refractivity contribution in [2.45, 2.75) is 17.4 Å². The van der Waals surface area contributed by atoms with Gasteiger partial charge in [0.25, 0.3) is 0 Å². The number of rotatable bonds is 3. The fourth-order valence-corrected chi connectivity index (χ4v) is 2.82. The van der Waals surface area contributed by atoms with E-state index in [2.05, 4.69) is 4.90 Å². The standard InChI is InChI=1S/C12H17N3OS/c1-17-10-4-2-3-9(11(10)12(13)14)15-6-5-8(16)7-15/h2-4,8,16H,5-7H2,1H3,(H3,13,14). The molecule has 0 aromatic heterocycles. The number of thioether (sulfide) groups is 1. The molecule has 1 aliphatic heterocycles. The van der Waals surface area contributed by atoms with Crippen LogP contribution >= 0.6 is 11.8 Å². The van der Waals surface area contributed by atoms with Crippen molar-refractivity contribution in [1.82, 2.24) is 0 Å². The van der Waals surface area contributed by atoms with Gasteiger partial charge in [-0.25, -0.2) is 0 Å². The predicted molar refractivity (Wildman–Crippen MR) is 72.1 cm³/mol. The third-order valence-corrected chi connectivity index (χ3v) is 3.78. The molecule has 0 radical (unpaired) electrons. The van der Waals surface area contributed by atoms with Crippen molar-refractivity contribution in [1.29, 1.82) is 5.41 Å². The summed E-state index contributed by atoms with van der Waals surface area (Å²) in [6, 6.07) is 5.91. The van der Waals surface area contributed by atoms with Crippen LogP contribution in [-0.4, -0.2) is 36.4 Å². The van der Waals surface area contributed by atoms with E-state index < -0.39 is 0 Å². The summed E-state index contributed by atoms with van der Waals surface area (Å²) in [4.78, 5) is 3.11. The van der Waals surface area contributed by atoms with Crippen LogP contribution in [0.15, 0.2) is 23.1 Å². The number of nitrogens with two attached hydrogens (primary N) is 1. The minimum Gasteiger partial charge on any atom is -0.391 e. The van der Waals surface area contributed by atoms with Gasteiger partial charge in [0.15, 0.2) is 0 Å². The Bertz CT molecular complexity index is 436. The van der Waals surface area contributed by atoms with E-state index in [-0.39, 0.29) is 11.9 Å². The highest BCUT2D eigenvalue weighted by atomic mass is 32.2. The molecule has 1 unspecified atom stereocenters. The maximum Gasteiger partial charge on any atom is 0.126 e. The lowest BCUT2D eigenvalue weighted by molar-refractivity contribution is 0.198. The van der Waals surface area contributed by atoms with E-state index in [0.29, 0.717) is 6.54 Å². The summed E-state index contributed by atoms with van der Waals surface area (Å²) < 4.78 is 0. The largest absolute Gasteiger partial charge is 0.391 e. The minimum absolute atomic E-state index is 0.0892. The van der Waals surface area contributed by atoms with E-state index in [1.807, 2.05) is 24.5 Å². The monoisotopic (exact) mass is 251 g/mol. The Labute approximate surface area is 105 Å². The molecule has 4 nitrogen and oxygen atoms in total. The Morgan fingerprint density at radius 3 is 2.88 bits per heavy atom. The molecule has 92 valence electrons. The van der Waals surface area contributed by atoms with E-state index in [1.54, 1.807) is 11.8 Å². The number of amidine groups is 1. The SMILES string of the molecule is CSc1cccc(N2CCC(O)C2)c1C(=N)N. The second kappa shape index (κ2) is 4.98. The van der Waals surface area contributed by atoms with Crippen LogP contribution in [0.25, 0.3) is 0 Å². The number of hydrogen-bond acceptors (Lipinski definition) is 4. The fourth-order valence-electron chi connectivity index (χ4n) is 2.18. The van der Waals surface area contributed by atoms with Crippen LogP contribution in [0.1, 0.15) is 12.0 Å². The molecule has 0 aliphatic carbocycles. The highest BCUT2D eigenvalue weighted by Crippen LogP contribution is 2.31. The summed E-state index contributed by atoms with van der Waals surface area (Å²) in [5.41, 5.74) is 7.42. The van der Waals surface area contributed by atoms with Crippen LogP contribution in [0.3, 0.4) is 0 Å². The number of nitrogens with one attached hydrogen (secondary N) is 1. The number of benzene rings is 1. The molecule has 0 saturated carbocycles. The van der Waals surface area contributed by atoms with Crippen molar-refractivity contribution in [2.75, 3.05) is 24.2 Å². The van der Waals surface area contributed by atoms with E-state index >= 15 is 0 Å². The first-order valence-corrected chi connectivity index (χ1v) is 6.80. The molecule has 1 saturated heterocycles. The molecule has 1 atom stereocenters. The lowest BCUT2D eigenvalue weighted by Gasteiger charge is -2.22. The second-order valence-electron chi connectivity index (χ2n) is 4.16. The van der Waals surface area contributed by atoms with Gasteiger partial charge in [-0.15, -0.1) is 11.8 Å². The first kappa shape index (κ1) is 12.3. The smallest absolute Gasteiger partial charge is 0.126 e. The highest BCUT2D eigenvalue weighted by Gasteiger charge is 2.24. The van der Waals surface area contributed by atoms with Crippen LogP contribution in [0.2, 0.25) is 0 Å². The van der Waals surface area contributed by atoms with Crippen molar-refractivity contribution in [3.63, 3.8) is 0 Å². The van der Waals surface area contributed by atoms with Crippen LogP contribution in [0.5, 0.6) is 0 Å². The molecular formula is C12H17N3OS. The van der Waals surface area contributed by atoms with E-state index in [0.717, 1.165) is 29.1 Å².